The molecule has 0 atom stereocenters. The predicted molar refractivity (Wildman–Crippen MR) is 100 cm³/mol. The highest BCUT2D eigenvalue weighted by molar-refractivity contribution is 5.95. The van der Waals surface area contributed by atoms with E-state index in [-0.39, 0.29) is 11.9 Å². The Hall–Kier alpha value is -2.89. The molecular weight excluding hydrogens is 328 g/mol. The first kappa shape index (κ1) is 17.9. The minimum Gasteiger partial charge on any atom is -0.444 e. The van der Waals surface area contributed by atoms with E-state index in [1.165, 1.54) is 5.56 Å². The van der Waals surface area contributed by atoms with Crippen molar-refractivity contribution >= 4 is 5.91 Å². The van der Waals surface area contributed by atoms with Crippen LogP contribution in [-0.2, 0) is 6.42 Å². The molecule has 1 amide bonds. The lowest BCUT2D eigenvalue weighted by Crippen LogP contribution is -2.26. The third-order valence-electron chi connectivity index (χ3n) is 4.30. The van der Waals surface area contributed by atoms with Gasteiger partial charge in [0.1, 0.15) is 6.26 Å². The number of rotatable bonds is 6. The Bertz CT molecular complexity index is 891. The molecule has 0 aliphatic heterocycles. The van der Waals surface area contributed by atoms with Crippen molar-refractivity contribution in [3.8, 4) is 11.5 Å². The number of nitrogens with one attached hydrogen (secondary N) is 1. The van der Waals surface area contributed by atoms with Crippen LogP contribution < -0.4 is 5.32 Å². The van der Waals surface area contributed by atoms with Crippen LogP contribution in [0.15, 0.2) is 41.1 Å². The molecule has 0 aliphatic rings. The number of oxazole rings is 1. The van der Waals surface area contributed by atoms with E-state index < -0.39 is 0 Å². The van der Waals surface area contributed by atoms with E-state index >= 15 is 0 Å². The Morgan fingerprint density at radius 3 is 2.62 bits per heavy atom. The number of carbonyl (C=O) groups is 1. The Morgan fingerprint density at radius 2 is 1.96 bits per heavy atom. The van der Waals surface area contributed by atoms with E-state index in [0.29, 0.717) is 24.4 Å². The average molecular weight is 352 g/mol. The summed E-state index contributed by atoms with van der Waals surface area (Å²) in [6, 6.07) is 8.26. The van der Waals surface area contributed by atoms with E-state index in [1.807, 2.05) is 56.6 Å². The highest BCUT2D eigenvalue weighted by Gasteiger charge is 2.15. The van der Waals surface area contributed by atoms with Gasteiger partial charge in [-0.1, -0.05) is 17.7 Å². The van der Waals surface area contributed by atoms with Gasteiger partial charge in [0.15, 0.2) is 0 Å². The molecule has 6 heteroatoms. The second-order valence-electron chi connectivity index (χ2n) is 6.70. The minimum atomic E-state index is -0.114. The number of nitrogens with zero attached hydrogens (tertiary/aromatic N) is 3. The molecule has 6 nitrogen and oxygen atoms in total. The summed E-state index contributed by atoms with van der Waals surface area (Å²) in [6.45, 7) is 8.52. The fourth-order valence-corrected chi connectivity index (χ4v) is 2.82. The van der Waals surface area contributed by atoms with Gasteiger partial charge in [-0.3, -0.25) is 9.48 Å². The molecule has 0 radical (unpaired) electrons. The standard InChI is InChI=1S/C20H24N4O2/c1-13(2)24-15(4)18(11-22-24)19(25)21-10-9-17-12-26-20(23-17)16-7-5-14(3)6-8-16/h5-8,11-13H,9-10H2,1-4H3,(H,21,25). The molecule has 26 heavy (non-hydrogen) atoms. The van der Waals surface area contributed by atoms with Gasteiger partial charge in [-0.15, -0.1) is 0 Å². The summed E-state index contributed by atoms with van der Waals surface area (Å²) in [5.74, 6) is 0.483. The van der Waals surface area contributed by atoms with Gasteiger partial charge in [0, 0.05) is 30.3 Å². The monoisotopic (exact) mass is 352 g/mol. The summed E-state index contributed by atoms with van der Waals surface area (Å²) in [6.07, 6.45) is 3.87. The topological polar surface area (TPSA) is 73.0 Å². The van der Waals surface area contributed by atoms with Crippen LogP contribution in [0.2, 0.25) is 0 Å². The maximum Gasteiger partial charge on any atom is 0.254 e. The van der Waals surface area contributed by atoms with Crippen molar-refractivity contribution in [3.63, 3.8) is 0 Å². The van der Waals surface area contributed by atoms with E-state index in [2.05, 4.69) is 15.4 Å². The van der Waals surface area contributed by atoms with Crippen molar-refractivity contribution < 1.29 is 9.21 Å². The number of hydrogen-bond donors (Lipinski definition) is 1. The number of aryl methyl sites for hydroxylation is 1. The second-order valence-corrected chi connectivity index (χ2v) is 6.70. The lowest BCUT2D eigenvalue weighted by Gasteiger charge is -2.08. The summed E-state index contributed by atoms with van der Waals surface area (Å²) < 4.78 is 7.39. The lowest BCUT2D eigenvalue weighted by molar-refractivity contribution is 0.0953. The van der Waals surface area contributed by atoms with Crippen LogP contribution in [0.25, 0.3) is 11.5 Å². The lowest BCUT2D eigenvalue weighted by atomic mass is 10.1. The van der Waals surface area contributed by atoms with Crippen molar-refractivity contribution in [2.45, 2.75) is 40.2 Å². The molecule has 0 aliphatic carbocycles. The van der Waals surface area contributed by atoms with E-state index in [4.69, 9.17) is 4.42 Å². The number of benzene rings is 1. The van der Waals surface area contributed by atoms with Gasteiger partial charge in [0.25, 0.3) is 5.91 Å². The van der Waals surface area contributed by atoms with Crippen LogP contribution in [0.3, 0.4) is 0 Å². The molecule has 0 saturated carbocycles. The maximum absolute atomic E-state index is 12.3. The summed E-state index contributed by atoms with van der Waals surface area (Å²) in [5, 5.41) is 7.20. The van der Waals surface area contributed by atoms with E-state index in [1.54, 1.807) is 12.5 Å². The largest absolute Gasteiger partial charge is 0.444 e. The van der Waals surface area contributed by atoms with Crippen LogP contribution in [-0.4, -0.2) is 27.2 Å². The fraction of sp³-hybridized carbons (Fsp3) is 0.350. The first-order valence-electron chi connectivity index (χ1n) is 8.79. The molecule has 2 aromatic heterocycles. The van der Waals surface area contributed by atoms with Crippen molar-refractivity contribution in [2.75, 3.05) is 6.54 Å². The van der Waals surface area contributed by atoms with Crippen LogP contribution in [0.5, 0.6) is 0 Å². The van der Waals surface area contributed by atoms with E-state index in [0.717, 1.165) is 17.0 Å². The van der Waals surface area contributed by atoms with Gasteiger partial charge >= 0.3 is 0 Å². The van der Waals surface area contributed by atoms with Gasteiger partial charge in [0.2, 0.25) is 5.89 Å². The smallest absolute Gasteiger partial charge is 0.254 e. The van der Waals surface area contributed by atoms with Gasteiger partial charge in [0.05, 0.1) is 17.5 Å². The zero-order valence-electron chi connectivity index (χ0n) is 15.6. The first-order chi connectivity index (χ1) is 12.5. The average Bonchev–Trinajstić information content (AvgIpc) is 3.22. The van der Waals surface area contributed by atoms with Crippen molar-refractivity contribution in [1.29, 1.82) is 0 Å². The first-order valence-corrected chi connectivity index (χ1v) is 8.79. The third-order valence-corrected chi connectivity index (χ3v) is 4.30. The molecule has 0 unspecified atom stereocenters. The highest BCUT2D eigenvalue weighted by Crippen LogP contribution is 2.19. The van der Waals surface area contributed by atoms with Crippen LogP contribution in [0.1, 0.15) is 47.2 Å². The summed E-state index contributed by atoms with van der Waals surface area (Å²) in [4.78, 5) is 16.8. The Balaban J connectivity index is 1.57. The Kier molecular flexibility index (Phi) is 5.21. The molecular formula is C20H24N4O2. The number of carbonyl (C=O) groups excluding carboxylic acids is 1. The number of hydrogen-bond acceptors (Lipinski definition) is 4. The van der Waals surface area contributed by atoms with Crippen molar-refractivity contribution in [3.05, 3.63) is 59.2 Å². The van der Waals surface area contributed by atoms with Crippen LogP contribution in [0.4, 0.5) is 0 Å². The van der Waals surface area contributed by atoms with Crippen molar-refractivity contribution in [2.24, 2.45) is 0 Å². The molecule has 3 rings (SSSR count). The normalized spacial score (nSPS) is 11.1. The SMILES string of the molecule is Cc1ccc(-c2nc(CCNC(=O)c3cnn(C(C)C)c3C)co2)cc1. The highest BCUT2D eigenvalue weighted by atomic mass is 16.3. The van der Waals surface area contributed by atoms with Crippen molar-refractivity contribution in [1.82, 2.24) is 20.1 Å². The Labute approximate surface area is 153 Å². The zero-order valence-corrected chi connectivity index (χ0v) is 15.6. The molecule has 0 fully saturated rings. The molecule has 0 saturated heterocycles. The minimum absolute atomic E-state index is 0.114. The maximum atomic E-state index is 12.3. The number of aromatic nitrogens is 3. The fourth-order valence-electron chi connectivity index (χ4n) is 2.82. The van der Waals surface area contributed by atoms with Gasteiger partial charge < -0.3 is 9.73 Å². The van der Waals surface area contributed by atoms with Gasteiger partial charge in [-0.25, -0.2) is 4.98 Å². The molecule has 0 bridgehead atoms. The summed E-state index contributed by atoms with van der Waals surface area (Å²) >= 11 is 0. The molecule has 1 aromatic carbocycles. The number of amides is 1. The summed E-state index contributed by atoms with van der Waals surface area (Å²) in [7, 11) is 0. The molecule has 1 N–H and O–H groups in total. The molecule has 3 aromatic rings. The quantitative estimate of drug-likeness (QED) is 0.734. The van der Waals surface area contributed by atoms with E-state index in [9.17, 15) is 4.79 Å². The molecule has 136 valence electrons. The van der Waals surface area contributed by atoms with Crippen LogP contribution >= 0.6 is 0 Å². The predicted octanol–water partition coefficient (Wildman–Crippen LogP) is 3.71. The summed E-state index contributed by atoms with van der Waals surface area (Å²) in [5.41, 5.74) is 4.44. The molecule has 2 heterocycles. The zero-order chi connectivity index (χ0) is 18.7. The van der Waals surface area contributed by atoms with Gasteiger partial charge in [-0.05, 0) is 39.8 Å². The van der Waals surface area contributed by atoms with Crippen LogP contribution in [0, 0.1) is 13.8 Å². The second kappa shape index (κ2) is 7.56. The third kappa shape index (κ3) is 3.85. The van der Waals surface area contributed by atoms with Gasteiger partial charge in [-0.2, -0.15) is 5.10 Å². The Morgan fingerprint density at radius 1 is 1.23 bits per heavy atom. The molecule has 0 spiro atoms.